The van der Waals surface area contributed by atoms with E-state index in [4.69, 9.17) is 10.00 Å². The second-order valence-corrected chi connectivity index (χ2v) is 3.87. The van der Waals surface area contributed by atoms with E-state index in [1.165, 1.54) is 0 Å². The first-order valence-corrected chi connectivity index (χ1v) is 5.65. The van der Waals surface area contributed by atoms with Crippen LogP contribution in [0.2, 0.25) is 0 Å². The van der Waals surface area contributed by atoms with Gasteiger partial charge in [-0.3, -0.25) is 0 Å². The Balaban J connectivity index is 1.95. The zero-order valence-corrected chi connectivity index (χ0v) is 9.78. The van der Waals surface area contributed by atoms with E-state index in [0.29, 0.717) is 5.56 Å². The number of hydrogen-bond acceptors (Lipinski definition) is 3. The fourth-order valence-electron chi connectivity index (χ4n) is 1.57. The van der Waals surface area contributed by atoms with Crippen LogP contribution in [0.15, 0.2) is 54.6 Å². The minimum Gasteiger partial charge on any atom is -0.491 e. The molecule has 0 aromatic heterocycles. The van der Waals surface area contributed by atoms with Crippen LogP contribution >= 0.6 is 0 Å². The van der Waals surface area contributed by atoms with Crippen molar-refractivity contribution in [2.24, 2.45) is 0 Å². The molecule has 2 rings (SSSR count). The molecule has 0 radical (unpaired) electrons. The maximum absolute atomic E-state index is 9.94. The van der Waals surface area contributed by atoms with Crippen LogP contribution in [0.3, 0.4) is 0 Å². The van der Waals surface area contributed by atoms with E-state index in [2.05, 4.69) is 0 Å². The lowest BCUT2D eigenvalue weighted by molar-refractivity contribution is 0.108. The van der Waals surface area contributed by atoms with Gasteiger partial charge in [0.2, 0.25) is 0 Å². The van der Waals surface area contributed by atoms with Gasteiger partial charge in [-0.05, 0) is 29.8 Å². The Kier molecular flexibility index (Phi) is 3.95. The molecule has 1 unspecified atom stereocenters. The standard InChI is InChI=1S/C15H13NO2/c16-10-12-6-8-13(9-7-12)15(17)11-18-14-4-2-1-3-5-14/h1-9,15,17H,11H2. The zero-order valence-electron chi connectivity index (χ0n) is 9.78. The van der Waals surface area contributed by atoms with E-state index >= 15 is 0 Å². The molecule has 0 saturated carbocycles. The van der Waals surface area contributed by atoms with E-state index < -0.39 is 6.10 Å². The van der Waals surface area contributed by atoms with Crippen molar-refractivity contribution in [3.05, 3.63) is 65.7 Å². The highest BCUT2D eigenvalue weighted by Gasteiger charge is 2.08. The Morgan fingerprint density at radius 3 is 2.33 bits per heavy atom. The summed E-state index contributed by atoms with van der Waals surface area (Å²) in [4.78, 5) is 0. The first kappa shape index (κ1) is 12.2. The predicted molar refractivity (Wildman–Crippen MR) is 68.1 cm³/mol. The Bertz CT molecular complexity index is 529. The number of aliphatic hydroxyl groups is 1. The molecule has 3 heteroatoms. The maximum Gasteiger partial charge on any atom is 0.119 e. The minimum atomic E-state index is -0.696. The maximum atomic E-state index is 9.94. The Hall–Kier alpha value is -2.31. The molecular weight excluding hydrogens is 226 g/mol. The molecule has 90 valence electrons. The summed E-state index contributed by atoms with van der Waals surface area (Å²) in [5.41, 5.74) is 1.32. The molecule has 0 heterocycles. The van der Waals surface area contributed by atoms with Crippen LogP contribution in [0.1, 0.15) is 17.2 Å². The summed E-state index contributed by atoms with van der Waals surface area (Å²) >= 11 is 0. The lowest BCUT2D eigenvalue weighted by Gasteiger charge is -2.12. The van der Waals surface area contributed by atoms with Crippen molar-refractivity contribution in [3.63, 3.8) is 0 Å². The molecule has 0 fully saturated rings. The lowest BCUT2D eigenvalue weighted by atomic mass is 10.1. The predicted octanol–water partition coefficient (Wildman–Crippen LogP) is 2.67. The summed E-state index contributed by atoms with van der Waals surface area (Å²) in [6.45, 7) is 0.190. The molecule has 0 aliphatic heterocycles. The summed E-state index contributed by atoms with van der Waals surface area (Å²) < 4.78 is 5.46. The van der Waals surface area contributed by atoms with Crippen molar-refractivity contribution >= 4 is 0 Å². The molecule has 0 aliphatic carbocycles. The third-order valence-electron chi connectivity index (χ3n) is 2.58. The second kappa shape index (κ2) is 5.85. The summed E-state index contributed by atoms with van der Waals surface area (Å²) in [6.07, 6.45) is -0.696. The van der Waals surface area contributed by atoms with Gasteiger partial charge in [0.25, 0.3) is 0 Å². The largest absolute Gasteiger partial charge is 0.491 e. The normalized spacial score (nSPS) is 11.6. The number of nitrogens with zero attached hydrogens (tertiary/aromatic N) is 1. The van der Waals surface area contributed by atoms with Gasteiger partial charge in [-0.2, -0.15) is 5.26 Å². The van der Waals surface area contributed by atoms with Crippen LogP contribution in [0.4, 0.5) is 0 Å². The van der Waals surface area contributed by atoms with Gasteiger partial charge in [0.1, 0.15) is 18.5 Å². The first-order chi connectivity index (χ1) is 8.79. The molecule has 0 spiro atoms. The number of rotatable bonds is 4. The number of ether oxygens (including phenoxy) is 1. The quantitative estimate of drug-likeness (QED) is 0.892. The van der Waals surface area contributed by atoms with Crippen molar-refractivity contribution in [2.75, 3.05) is 6.61 Å². The molecule has 18 heavy (non-hydrogen) atoms. The lowest BCUT2D eigenvalue weighted by Crippen LogP contribution is -2.09. The molecule has 0 saturated heterocycles. The molecule has 1 atom stereocenters. The van der Waals surface area contributed by atoms with Gasteiger partial charge in [-0.15, -0.1) is 0 Å². The number of aliphatic hydroxyl groups excluding tert-OH is 1. The Morgan fingerprint density at radius 1 is 1.06 bits per heavy atom. The van der Waals surface area contributed by atoms with Gasteiger partial charge >= 0.3 is 0 Å². The summed E-state index contributed by atoms with van der Waals surface area (Å²) in [5, 5.41) is 18.6. The van der Waals surface area contributed by atoms with E-state index in [9.17, 15) is 5.11 Å². The van der Waals surface area contributed by atoms with Crippen LogP contribution in [0, 0.1) is 11.3 Å². The van der Waals surface area contributed by atoms with Crippen LogP contribution in [0.25, 0.3) is 0 Å². The van der Waals surface area contributed by atoms with Crippen LogP contribution in [-0.4, -0.2) is 11.7 Å². The van der Waals surface area contributed by atoms with Crippen LogP contribution < -0.4 is 4.74 Å². The Morgan fingerprint density at radius 2 is 1.72 bits per heavy atom. The molecule has 3 nitrogen and oxygen atoms in total. The van der Waals surface area contributed by atoms with Crippen molar-refractivity contribution < 1.29 is 9.84 Å². The summed E-state index contributed by atoms with van der Waals surface area (Å²) in [7, 11) is 0. The summed E-state index contributed by atoms with van der Waals surface area (Å²) in [5.74, 6) is 0.727. The SMILES string of the molecule is N#Cc1ccc(C(O)COc2ccccc2)cc1. The molecule has 1 N–H and O–H groups in total. The number of benzene rings is 2. The van der Waals surface area contributed by atoms with Crippen molar-refractivity contribution in [1.82, 2.24) is 0 Å². The van der Waals surface area contributed by atoms with Gasteiger partial charge in [-0.25, -0.2) is 0 Å². The molecule has 0 amide bonds. The minimum absolute atomic E-state index is 0.190. The van der Waals surface area contributed by atoms with Gasteiger partial charge < -0.3 is 9.84 Å². The first-order valence-electron chi connectivity index (χ1n) is 5.65. The third-order valence-corrected chi connectivity index (χ3v) is 2.58. The highest BCUT2D eigenvalue weighted by Crippen LogP contribution is 2.16. The molecule has 2 aromatic rings. The van der Waals surface area contributed by atoms with Crippen molar-refractivity contribution in [2.45, 2.75) is 6.10 Å². The van der Waals surface area contributed by atoms with Crippen LogP contribution in [-0.2, 0) is 0 Å². The fourth-order valence-corrected chi connectivity index (χ4v) is 1.57. The zero-order chi connectivity index (χ0) is 12.8. The number of nitriles is 1. The van der Waals surface area contributed by atoms with Crippen molar-refractivity contribution in [3.8, 4) is 11.8 Å². The van der Waals surface area contributed by atoms with E-state index in [1.54, 1.807) is 24.3 Å². The highest BCUT2D eigenvalue weighted by molar-refractivity contribution is 5.32. The monoisotopic (exact) mass is 239 g/mol. The van der Waals surface area contributed by atoms with Gasteiger partial charge in [0.05, 0.1) is 11.6 Å². The Labute approximate surface area is 106 Å². The number of hydrogen-bond donors (Lipinski definition) is 1. The van der Waals surface area contributed by atoms with Crippen LogP contribution in [0.5, 0.6) is 5.75 Å². The van der Waals surface area contributed by atoms with E-state index in [-0.39, 0.29) is 6.61 Å². The average molecular weight is 239 g/mol. The van der Waals surface area contributed by atoms with Crippen molar-refractivity contribution in [1.29, 1.82) is 5.26 Å². The smallest absolute Gasteiger partial charge is 0.119 e. The third kappa shape index (κ3) is 3.09. The fraction of sp³-hybridized carbons (Fsp3) is 0.133. The van der Waals surface area contributed by atoms with E-state index in [0.717, 1.165) is 11.3 Å². The number of para-hydroxylation sites is 1. The van der Waals surface area contributed by atoms with Gasteiger partial charge in [0.15, 0.2) is 0 Å². The molecular formula is C15H13NO2. The van der Waals surface area contributed by atoms with E-state index in [1.807, 2.05) is 36.4 Å². The highest BCUT2D eigenvalue weighted by atomic mass is 16.5. The van der Waals surface area contributed by atoms with Gasteiger partial charge in [0, 0.05) is 0 Å². The second-order valence-electron chi connectivity index (χ2n) is 3.87. The molecule has 0 bridgehead atoms. The topological polar surface area (TPSA) is 53.2 Å². The summed E-state index contributed by atoms with van der Waals surface area (Å²) in [6, 6.07) is 18.2. The van der Waals surface area contributed by atoms with Gasteiger partial charge in [-0.1, -0.05) is 30.3 Å². The average Bonchev–Trinajstić information content (AvgIpc) is 2.46. The molecule has 2 aromatic carbocycles. The molecule has 0 aliphatic rings.